The molecule has 0 unspecified atom stereocenters. The highest BCUT2D eigenvalue weighted by Gasteiger charge is 2.12. The lowest BCUT2D eigenvalue weighted by Crippen LogP contribution is -1.87. The van der Waals surface area contributed by atoms with Gasteiger partial charge in [0, 0.05) is 16.8 Å². The van der Waals surface area contributed by atoms with E-state index in [1.165, 1.54) is 16.9 Å². The number of hydrogen-bond donors (Lipinski definition) is 1. The van der Waals surface area contributed by atoms with Gasteiger partial charge in [-0.2, -0.15) is 0 Å². The first-order valence-corrected chi connectivity index (χ1v) is 8.11. The Kier molecular flexibility index (Phi) is 3.74. The fraction of sp³-hybridized carbons (Fsp3) is 0.143. The fourth-order valence-electron chi connectivity index (χ4n) is 1.97. The zero-order valence-electron chi connectivity index (χ0n) is 10.8. The Hall–Kier alpha value is -1.43. The number of aryl methyl sites for hydroxylation is 1. The average Bonchev–Trinajstić information content (AvgIpc) is 2.96. The molecule has 0 amide bonds. The minimum absolute atomic E-state index is 0.585. The van der Waals surface area contributed by atoms with Crippen molar-refractivity contribution in [1.29, 1.82) is 0 Å². The zero-order valence-corrected chi connectivity index (χ0v) is 13.1. The molecule has 3 aromatic rings. The van der Waals surface area contributed by atoms with Crippen molar-refractivity contribution in [3.63, 3.8) is 0 Å². The summed E-state index contributed by atoms with van der Waals surface area (Å²) in [5, 5.41) is 4.46. The van der Waals surface area contributed by atoms with Crippen molar-refractivity contribution in [2.45, 2.75) is 13.3 Å². The van der Waals surface area contributed by atoms with E-state index in [4.69, 9.17) is 17.3 Å². The third-order valence-electron chi connectivity index (χ3n) is 2.84. The van der Waals surface area contributed by atoms with Gasteiger partial charge in [0.2, 0.25) is 0 Å². The van der Waals surface area contributed by atoms with E-state index in [1.54, 1.807) is 11.3 Å². The van der Waals surface area contributed by atoms with Gasteiger partial charge in [0.25, 0.3) is 0 Å². The Morgan fingerprint density at radius 3 is 2.85 bits per heavy atom. The van der Waals surface area contributed by atoms with Gasteiger partial charge >= 0.3 is 0 Å². The molecule has 0 radical (unpaired) electrons. The second-order valence-corrected chi connectivity index (χ2v) is 6.81. The number of aromatic nitrogens is 2. The van der Waals surface area contributed by atoms with Crippen LogP contribution in [0.4, 0.5) is 5.13 Å². The van der Waals surface area contributed by atoms with Crippen LogP contribution in [0.3, 0.4) is 0 Å². The van der Waals surface area contributed by atoms with Crippen molar-refractivity contribution in [3.8, 4) is 10.6 Å². The van der Waals surface area contributed by atoms with Crippen molar-refractivity contribution < 1.29 is 0 Å². The molecule has 2 N–H and O–H groups in total. The van der Waals surface area contributed by atoms with Gasteiger partial charge in [0.1, 0.15) is 0 Å². The molecule has 0 aliphatic rings. The van der Waals surface area contributed by atoms with E-state index in [0.29, 0.717) is 5.13 Å². The van der Waals surface area contributed by atoms with Crippen molar-refractivity contribution in [3.05, 3.63) is 50.9 Å². The van der Waals surface area contributed by atoms with Crippen molar-refractivity contribution >= 4 is 39.4 Å². The summed E-state index contributed by atoms with van der Waals surface area (Å²) in [4.78, 5) is 9.96. The molecule has 3 rings (SSSR count). The summed E-state index contributed by atoms with van der Waals surface area (Å²) in [7, 11) is 0. The summed E-state index contributed by atoms with van der Waals surface area (Å²) in [5.74, 6) is 0. The summed E-state index contributed by atoms with van der Waals surface area (Å²) >= 11 is 9.12. The largest absolute Gasteiger partial charge is 0.375 e. The van der Waals surface area contributed by atoms with Gasteiger partial charge in [0.15, 0.2) is 5.13 Å². The van der Waals surface area contributed by atoms with Crippen LogP contribution in [0.5, 0.6) is 0 Å². The molecular weight excluding hydrogens is 310 g/mol. The minimum atomic E-state index is 0.585. The summed E-state index contributed by atoms with van der Waals surface area (Å²) < 4.78 is 0. The van der Waals surface area contributed by atoms with Crippen molar-refractivity contribution in [2.75, 3.05) is 5.73 Å². The number of nitrogens with zero attached hydrogens (tertiary/aromatic N) is 2. The molecule has 0 aliphatic heterocycles. The quantitative estimate of drug-likeness (QED) is 0.777. The predicted molar refractivity (Wildman–Crippen MR) is 86.6 cm³/mol. The monoisotopic (exact) mass is 321 g/mol. The van der Waals surface area contributed by atoms with Crippen molar-refractivity contribution in [2.24, 2.45) is 0 Å². The SMILES string of the molecule is Cc1nc(N)sc1-c1csc(Cc2cccc(Cl)c2)n1. The van der Waals surface area contributed by atoms with E-state index in [0.717, 1.165) is 32.7 Å². The van der Waals surface area contributed by atoms with Gasteiger partial charge in [0.05, 0.1) is 21.3 Å². The van der Waals surface area contributed by atoms with Crippen LogP contribution in [0.15, 0.2) is 29.6 Å². The lowest BCUT2D eigenvalue weighted by Gasteiger charge is -1.98. The van der Waals surface area contributed by atoms with Gasteiger partial charge in [-0.1, -0.05) is 35.1 Å². The number of nitrogens with two attached hydrogens (primary N) is 1. The Bertz CT molecular complexity index is 748. The maximum Gasteiger partial charge on any atom is 0.180 e. The first-order chi connectivity index (χ1) is 9.61. The highest BCUT2D eigenvalue weighted by atomic mass is 35.5. The maximum atomic E-state index is 6.00. The smallest absolute Gasteiger partial charge is 0.180 e. The second kappa shape index (κ2) is 5.52. The maximum absolute atomic E-state index is 6.00. The molecule has 1 aromatic carbocycles. The number of rotatable bonds is 3. The van der Waals surface area contributed by atoms with Crippen LogP contribution < -0.4 is 5.73 Å². The number of halogens is 1. The van der Waals surface area contributed by atoms with Gasteiger partial charge in [-0.05, 0) is 24.6 Å². The molecular formula is C14H12ClN3S2. The van der Waals surface area contributed by atoms with E-state index in [1.807, 2.05) is 25.1 Å². The molecule has 0 atom stereocenters. The third kappa shape index (κ3) is 2.85. The molecule has 102 valence electrons. The van der Waals surface area contributed by atoms with Gasteiger partial charge in [-0.25, -0.2) is 9.97 Å². The first-order valence-electron chi connectivity index (χ1n) is 6.04. The van der Waals surface area contributed by atoms with Crippen LogP contribution in [0.2, 0.25) is 5.02 Å². The lowest BCUT2D eigenvalue weighted by molar-refractivity contribution is 1.14. The van der Waals surface area contributed by atoms with Crippen LogP contribution in [0.1, 0.15) is 16.3 Å². The Labute approximate surface area is 130 Å². The summed E-state index contributed by atoms with van der Waals surface area (Å²) in [6.07, 6.45) is 0.790. The van der Waals surface area contributed by atoms with E-state index in [2.05, 4.69) is 21.4 Å². The topological polar surface area (TPSA) is 51.8 Å². The second-order valence-electron chi connectivity index (χ2n) is 4.40. The number of anilines is 1. The zero-order chi connectivity index (χ0) is 14.1. The molecule has 0 saturated carbocycles. The van der Waals surface area contributed by atoms with Crippen molar-refractivity contribution in [1.82, 2.24) is 9.97 Å². The van der Waals surface area contributed by atoms with Crippen LogP contribution in [0.25, 0.3) is 10.6 Å². The molecule has 0 aliphatic carbocycles. The number of nitrogen functional groups attached to an aromatic ring is 1. The normalized spacial score (nSPS) is 10.9. The Morgan fingerprint density at radius 1 is 1.30 bits per heavy atom. The molecule has 0 saturated heterocycles. The Balaban J connectivity index is 1.85. The van der Waals surface area contributed by atoms with Crippen LogP contribution in [0, 0.1) is 6.92 Å². The molecule has 0 fully saturated rings. The standard InChI is InChI=1S/C14H12ClN3S2/c1-8-13(20-14(16)17-8)11-7-19-12(18-11)6-9-3-2-4-10(15)5-9/h2-5,7H,6H2,1H3,(H2,16,17). The van der Waals surface area contributed by atoms with Crippen LogP contribution in [-0.4, -0.2) is 9.97 Å². The van der Waals surface area contributed by atoms with E-state index < -0.39 is 0 Å². The molecule has 2 heterocycles. The van der Waals surface area contributed by atoms with Gasteiger partial charge < -0.3 is 5.73 Å². The highest BCUT2D eigenvalue weighted by molar-refractivity contribution is 7.19. The van der Waals surface area contributed by atoms with E-state index >= 15 is 0 Å². The molecule has 3 nitrogen and oxygen atoms in total. The van der Waals surface area contributed by atoms with Crippen LogP contribution >= 0.6 is 34.3 Å². The summed E-state index contributed by atoms with van der Waals surface area (Å²) in [6, 6.07) is 7.86. The van der Waals surface area contributed by atoms with E-state index in [-0.39, 0.29) is 0 Å². The predicted octanol–water partition coefficient (Wildman–Crippen LogP) is 4.40. The Morgan fingerprint density at radius 2 is 2.15 bits per heavy atom. The average molecular weight is 322 g/mol. The summed E-state index contributed by atoms with van der Waals surface area (Å²) in [6.45, 7) is 1.96. The fourth-order valence-corrected chi connectivity index (χ4v) is 3.87. The van der Waals surface area contributed by atoms with Gasteiger partial charge in [-0.15, -0.1) is 11.3 Å². The number of thiazole rings is 2. The molecule has 0 bridgehead atoms. The number of benzene rings is 1. The molecule has 2 aromatic heterocycles. The van der Waals surface area contributed by atoms with Gasteiger partial charge in [-0.3, -0.25) is 0 Å². The summed E-state index contributed by atoms with van der Waals surface area (Å²) in [5.41, 5.74) is 8.79. The molecule has 0 spiro atoms. The molecule has 20 heavy (non-hydrogen) atoms. The minimum Gasteiger partial charge on any atom is -0.375 e. The van der Waals surface area contributed by atoms with Crippen LogP contribution in [-0.2, 0) is 6.42 Å². The highest BCUT2D eigenvalue weighted by Crippen LogP contribution is 2.32. The molecule has 6 heteroatoms. The number of hydrogen-bond acceptors (Lipinski definition) is 5. The lowest BCUT2D eigenvalue weighted by atomic mass is 10.2. The first kappa shape index (κ1) is 13.5. The van der Waals surface area contributed by atoms with E-state index in [9.17, 15) is 0 Å². The third-order valence-corrected chi connectivity index (χ3v) is 4.93.